The number of aryl methyl sites for hydroxylation is 3. The lowest BCUT2D eigenvalue weighted by molar-refractivity contribution is -0.139. The van der Waals surface area contributed by atoms with Gasteiger partial charge >= 0.3 is 12.1 Å². The van der Waals surface area contributed by atoms with Crippen molar-refractivity contribution >= 4 is 25.4 Å². The number of carboxylic acid groups (broad SMARTS) is 1. The largest absolute Gasteiger partial charge is 0.481 e. The molecule has 12 heteroatoms. The van der Waals surface area contributed by atoms with E-state index in [0.717, 1.165) is 65.4 Å². The minimum absolute atomic E-state index is 0. The van der Waals surface area contributed by atoms with Gasteiger partial charge in [0.05, 0.1) is 18.0 Å². The van der Waals surface area contributed by atoms with E-state index < -0.39 is 53.5 Å². The molecule has 1 amide bonds. The van der Waals surface area contributed by atoms with Gasteiger partial charge in [0.1, 0.15) is 11.9 Å². The van der Waals surface area contributed by atoms with E-state index in [-0.39, 0.29) is 48.9 Å². The smallest absolute Gasteiger partial charge is 0.416 e. The summed E-state index contributed by atoms with van der Waals surface area (Å²) in [6, 6.07) is 5.46. The zero-order chi connectivity index (χ0) is 35.8. The van der Waals surface area contributed by atoms with Crippen molar-refractivity contribution in [2.24, 2.45) is 5.92 Å². The van der Waals surface area contributed by atoms with E-state index in [1.807, 2.05) is 38.7 Å². The number of aliphatic carboxylic acids is 1. The molecular weight excluding hydrogens is 670 g/mol. The number of carbonyl (C=O) groups excluding carboxylic acids is 1. The Morgan fingerprint density at radius 1 is 1.02 bits per heavy atom. The first kappa shape index (κ1) is 39.2. The maximum absolute atomic E-state index is 16.0. The minimum Gasteiger partial charge on any atom is -0.481 e. The highest BCUT2D eigenvalue weighted by Crippen LogP contribution is 2.46. The molecule has 5 rings (SSSR count). The summed E-state index contributed by atoms with van der Waals surface area (Å²) in [5.41, 5.74) is 3.07. The summed E-state index contributed by atoms with van der Waals surface area (Å²) in [7, 11) is 0. The van der Waals surface area contributed by atoms with E-state index in [4.69, 9.17) is 0 Å². The van der Waals surface area contributed by atoms with Gasteiger partial charge in [0, 0.05) is 24.4 Å². The van der Waals surface area contributed by atoms with Gasteiger partial charge < -0.3 is 19.9 Å². The molecule has 0 bridgehead atoms. The van der Waals surface area contributed by atoms with Crippen LogP contribution in [0.3, 0.4) is 0 Å². The molecule has 1 aliphatic carbocycles. The molecule has 1 saturated carbocycles. The van der Waals surface area contributed by atoms with Crippen LogP contribution < -0.4 is 10.9 Å². The molecule has 1 saturated heterocycles. The highest BCUT2D eigenvalue weighted by Gasteiger charge is 2.36. The standard InChI is InChI=1S/C38H45F4N3O4.H2S/c1-21(2)13-32(45-20-26(9-12-44-10-6-11-44)30(18-33(45)46)38(40,41)42)37(49)43-31(19-34(47)48)29-17-27(16-24(5)36(29)39)35-23(4)14-22(3)15-28(35)25-7-8-25;/h14-18,20-21,25,31-32H,6-13,19H2,1-5H3,(H,43,49)(H,47,48);1H2/t31-,32?;/m0./s1. The number of carbonyl (C=O) groups is 2. The molecule has 0 spiro atoms. The van der Waals surface area contributed by atoms with Gasteiger partial charge in [0.15, 0.2) is 0 Å². The molecule has 7 nitrogen and oxygen atoms in total. The average molecular weight is 718 g/mol. The Hall–Kier alpha value is -3.64. The van der Waals surface area contributed by atoms with Gasteiger partial charge in [-0.1, -0.05) is 31.5 Å². The van der Waals surface area contributed by atoms with Crippen molar-refractivity contribution in [2.75, 3.05) is 19.6 Å². The van der Waals surface area contributed by atoms with Gasteiger partial charge in [-0.05, 0) is 123 Å². The van der Waals surface area contributed by atoms with Gasteiger partial charge in [-0.25, -0.2) is 4.39 Å². The van der Waals surface area contributed by atoms with Crippen LogP contribution in [-0.2, 0) is 22.2 Å². The number of nitrogens with zero attached hydrogens (tertiary/aromatic N) is 2. The Labute approximate surface area is 297 Å². The molecule has 2 aliphatic rings. The number of benzene rings is 2. The Balaban J connectivity index is 0.00000562. The number of likely N-dealkylation sites (tertiary alicyclic amines) is 1. The lowest BCUT2D eigenvalue weighted by Gasteiger charge is -2.31. The van der Waals surface area contributed by atoms with Crippen LogP contribution in [0.5, 0.6) is 0 Å². The highest BCUT2D eigenvalue weighted by atomic mass is 32.1. The summed E-state index contributed by atoms with van der Waals surface area (Å²) in [5, 5.41) is 12.6. The molecule has 3 aromatic rings. The van der Waals surface area contributed by atoms with Gasteiger partial charge in [-0.2, -0.15) is 26.7 Å². The number of hydrogen-bond acceptors (Lipinski definition) is 4. The fourth-order valence-corrected chi connectivity index (χ4v) is 6.96. The Bertz CT molecular complexity index is 1800. The van der Waals surface area contributed by atoms with E-state index in [1.54, 1.807) is 19.1 Å². The van der Waals surface area contributed by atoms with Gasteiger partial charge in [0.25, 0.3) is 5.56 Å². The molecule has 272 valence electrons. The van der Waals surface area contributed by atoms with E-state index in [9.17, 15) is 32.7 Å². The fourth-order valence-electron chi connectivity index (χ4n) is 6.96. The second-order valence-corrected chi connectivity index (χ2v) is 14.2. The summed E-state index contributed by atoms with van der Waals surface area (Å²) in [6.45, 7) is 11.2. The van der Waals surface area contributed by atoms with Crippen molar-refractivity contribution in [3.05, 3.63) is 91.6 Å². The molecular formula is C38H47F4N3O4S. The lowest BCUT2D eigenvalue weighted by atomic mass is 9.87. The van der Waals surface area contributed by atoms with Crippen LogP contribution in [0.4, 0.5) is 17.6 Å². The molecule has 0 radical (unpaired) electrons. The number of amides is 1. The number of hydrogen-bond donors (Lipinski definition) is 2. The molecule has 2 heterocycles. The SMILES string of the molecule is Cc1cc(C)c(-c2cc(C)c(F)c([C@H](CC(=O)O)NC(=O)C(CC(C)C)n3cc(CCN4CCC4)c(C(F)(F)F)cc3=O)c2)c(C2CC2)c1.S. The van der Waals surface area contributed by atoms with Crippen LogP contribution in [0.2, 0.25) is 0 Å². The number of aromatic nitrogens is 1. The minimum atomic E-state index is -4.76. The molecule has 50 heavy (non-hydrogen) atoms. The maximum atomic E-state index is 16.0. The first-order chi connectivity index (χ1) is 23.0. The van der Waals surface area contributed by atoms with Gasteiger partial charge in [0.2, 0.25) is 5.91 Å². The van der Waals surface area contributed by atoms with Crippen molar-refractivity contribution in [1.29, 1.82) is 0 Å². The summed E-state index contributed by atoms with van der Waals surface area (Å²) < 4.78 is 59.1. The summed E-state index contributed by atoms with van der Waals surface area (Å²) in [5.74, 6) is -2.50. The van der Waals surface area contributed by atoms with Crippen LogP contribution in [0, 0.1) is 32.5 Å². The molecule has 2 atom stereocenters. The number of alkyl halides is 3. The van der Waals surface area contributed by atoms with Crippen LogP contribution in [0.15, 0.2) is 41.3 Å². The number of carboxylic acids is 1. The van der Waals surface area contributed by atoms with Crippen molar-refractivity contribution < 1.29 is 32.3 Å². The monoisotopic (exact) mass is 717 g/mol. The molecule has 2 fully saturated rings. The van der Waals surface area contributed by atoms with E-state index in [0.29, 0.717) is 24.1 Å². The lowest BCUT2D eigenvalue weighted by Crippen LogP contribution is -2.41. The third-order valence-corrected chi connectivity index (χ3v) is 9.62. The molecule has 2 N–H and O–H groups in total. The second kappa shape index (κ2) is 15.7. The number of halogens is 4. The maximum Gasteiger partial charge on any atom is 0.416 e. The van der Waals surface area contributed by atoms with Crippen LogP contribution in [0.25, 0.3) is 11.1 Å². The van der Waals surface area contributed by atoms with E-state index in [2.05, 4.69) is 11.4 Å². The topological polar surface area (TPSA) is 91.6 Å². The van der Waals surface area contributed by atoms with Crippen molar-refractivity contribution in [3.8, 4) is 11.1 Å². The quantitative estimate of drug-likeness (QED) is 0.177. The second-order valence-electron chi connectivity index (χ2n) is 14.2. The number of pyridine rings is 1. The van der Waals surface area contributed by atoms with E-state index >= 15 is 4.39 Å². The third kappa shape index (κ3) is 8.98. The molecule has 1 unspecified atom stereocenters. The van der Waals surface area contributed by atoms with Gasteiger partial charge in [-0.3, -0.25) is 14.4 Å². The number of nitrogens with one attached hydrogen (secondary N) is 1. The Morgan fingerprint density at radius 2 is 1.70 bits per heavy atom. The van der Waals surface area contributed by atoms with Crippen LogP contribution in [0.1, 0.15) is 103 Å². The number of rotatable bonds is 13. The normalized spacial score (nSPS) is 16.0. The summed E-state index contributed by atoms with van der Waals surface area (Å²) in [4.78, 5) is 41.5. The average Bonchev–Trinajstić information content (AvgIpc) is 3.81. The molecule has 1 aliphatic heterocycles. The van der Waals surface area contributed by atoms with E-state index in [1.165, 1.54) is 0 Å². The first-order valence-electron chi connectivity index (χ1n) is 17.0. The molecule has 1 aromatic heterocycles. The van der Waals surface area contributed by atoms with Crippen LogP contribution >= 0.6 is 13.5 Å². The van der Waals surface area contributed by atoms with Crippen molar-refractivity contribution in [1.82, 2.24) is 14.8 Å². The van der Waals surface area contributed by atoms with Crippen molar-refractivity contribution in [2.45, 2.75) is 97.3 Å². The molecule has 2 aromatic carbocycles. The van der Waals surface area contributed by atoms with Crippen molar-refractivity contribution in [3.63, 3.8) is 0 Å². The first-order valence-corrected chi connectivity index (χ1v) is 17.0. The zero-order valence-corrected chi connectivity index (χ0v) is 30.2. The summed E-state index contributed by atoms with van der Waals surface area (Å²) in [6.07, 6.45) is -1.12. The van der Waals surface area contributed by atoms with Gasteiger partial charge in [-0.15, -0.1) is 0 Å². The Kier molecular flexibility index (Phi) is 12.3. The predicted octanol–water partition coefficient (Wildman–Crippen LogP) is 7.76. The summed E-state index contributed by atoms with van der Waals surface area (Å²) >= 11 is 0. The third-order valence-electron chi connectivity index (χ3n) is 9.62. The fraction of sp³-hybridized carbons (Fsp3) is 0.500. The highest BCUT2D eigenvalue weighted by molar-refractivity contribution is 7.59. The van der Waals surface area contributed by atoms with Crippen LogP contribution in [-0.4, -0.2) is 46.1 Å². The Morgan fingerprint density at radius 3 is 2.26 bits per heavy atom. The zero-order valence-electron chi connectivity index (χ0n) is 29.2. The predicted molar refractivity (Wildman–Crippen MR) is 190 cm³/mol.